The minimum Gasteiger partial charge on any atom is -0.497 e. The molecule has 0 unspecified atom stereocenters. The van der Waals surface area contributed by atoms with Gasteiger partial charge >= 0.3 is 0 Å². The molecule has 13 heavy (non-hydrogen) atoms. The summed E-state index contributed by atoms with van der Waals surface area (Å²) in [6.07, 6.45) is 3.83. The Labute approximate surface area is 80.9 Å². The van der Waals surface area contributed by atoms with E-state index in [2.05, 4.69) is 4.98 Å². The molecule has 2 aromatic rings. The summed E-state index contributed by atoms with van der Waals surface area (Å²) in [5, 5.41) is 0. The smallest absolute Gasteiger partial charge is 0.121 e. The van der Waals surface area contributed by atoms with E-state index < -0.39 is 0 Å². The van der Waals surface area contributed by atoms with Crippen molar-refractivity contribution in [2.75, 3.05) is 13.4 Å². The van der Waals surface area contributed by atoms with Gasteiger partial charge in [0, 0.05) is 12.3 Å². The van der Waals surface area contributed by atoms with E-state index in [-0.39, 0.29) is 0 Å². The van der Waals surface area contributed by atoms with Gasteiger partial charge in [0.25, 0.3) is 0 Å². The van der Waals surface area contributed by atoms with Gasteiger partial charge in [-0.05, 0) is 24.1 Å². The molecule has 3 nitrogen and oxygen atoms in total. The van der Waals surface area contributed by atoms with Gasteiger partial charge in [0.2, 0.25) is 0 Å². The summed E-state index contributed by atoms with van der Waals surface area (Å²) in [5.41, 5.74) is 2.09. The summed E-state index contributed by atoms with van der Waals surface area (Å²) in [4.78, 5) is 4.26. The molecule has 0 aliphatic rings. The van der Waals surface area contributed by atoms with Gasteiger partial charge in [-0.2, -0.15) is 0 Å². The normalized spacial score (nSPS) is 10.6. The van der Waals surface area contributed by atoms with Crippen LogP contribution in [0.15, 0.2) is 24.5 Å². The molecule has 0 aliphatic carbocycles. The first kappa shape index (κ1) is 8.44. The zero-order valence-corrected chi connectivity index (χ0v) is 8.34. The molecule has 2 rings (SSSR count). The van der Waals surface area contributed by atoms with E-state index >= 15 is 0 Å². The SMILES string of the molecule is COc1ccc2c(c1)ncn2SC. The lowest BCUT2D eigenvalue weighted by molar-refractivity contribution is 0.415. The Hall–Kier alpha value is -1.16. The molecule has 0 bridgehead atoms. The molecule has 68 valence electrons. The highest BCUT2D eigenvalue weighted by atomic mass is 32.2. The van der Waals surface area contributed by atoms with E-state index in [4.69, 9.17) is 4.74 Å². The average molecular weight is 194 g/mol. The third-order valence-corrected chi connectivity index (χ3v) is 2.60. The number of fused-ring (bicyclic) bond motifs is 1. The van der Waals surface area contributed by atoms with Gasteiger partial charge in [-0.15, -0.1) is 0 Å². The molecule has 0 radical (unpaired) electrons. The van der Waals surface area contributed by atoms with Crippen molar-refractivity contribution in [3.63, 3.8) is 0 Å². The van der Waals surface area contributed by atoms with E-state index in [1.54, 1.807) is 19.1 Å². The third-order valence-electron chi connectivity index (χ3n) is 1.92. The second kappa shape index (κ2) is 3.30. The minimum absolute atomic E-state index is 0.846. The lowest BCUT2D eigenvalue weighted by atomic mass is 10.3. The number of imidazole rings is 1. The van der Waals surface area contributed by atoms with Crippen molar-refractivity contribution in [3.8, 4) is 5.75 Å². The number of aromatic nitrogens is 2. The molecule has 1 aromatic carbocycles. The molecule has 0 atom stereocenters. The van der Waals surface area contributed by atoms with Crippen LogP contribution in [-0.4, -0.2) is 22.3 Å². The number of rotatable bonds is 2. The predicted octanol–water partition coefficient (Wildman–Crippen LogP) is 2.17. The minimum atomic E-state index is 0.846. The summed E-state index contributed by atoms with van der Waals surface area (Å²) in [6, 6.07) is 5.89. The quantitative estimate of drug-likeness (QED) is 0.733. The maximum Gasteiger partial charge on any atom is 0.121 e. The van der Waals surface area contributed by atoms with E-state index in [0.29, 0.717) is 0 Å². The van der Waals surface area contributed by atoms with Gasteiger partial charge in [0.05, 0.1) is 18.1 Å². The van der Waals surface area contributed by atoms with Crippen LogP contribution >= 0.6 is 11.9 Å². The lowest BCUT2D eigenvalue weighted by Gasteiger charge is -1.99. The van der Waals surface area contributed by atoms with E-state index in [1.807, 2.05) is 34.8 Å². The van der Waals surface area contributed by atoms with Crippen molar-refractivity contribution in [2.24, 2.45) is 0 Å². The number of ether oxygens (including phenoxy) is 1. The topological polar surface area (TPSA) is 27.1 Å². The molecule has 0 amide bonds. The summed E-state index contributed by atoms with van der Waals surface area (Å²) in [6.45, 7) is 0. The average Bonchev–Trinajstić information content (AvgIpc) is 2.59. The Morgan fingerprint density at radius 2 is 2.31 bits per heavy atom. The first-order chi connectivity index (χ1) is 6.35. The van der Waals surface area contributed by atoms with Gasteiger partial charge in [-0.1, -0.05) is 0 Å². The molecule has 4 heteroatoms. The van der Waals surface area contributed by atoms with Crippen LogP contribution in [0.2, 0.25) is 0 Å². The monoisotopic (exact) mass is 194 g/mol. The van der Waals surface area contributed by atoms with Crippen LogP contribution in [0.25, 0.3) is 11.0 Å². The fraction of sp³-hybridized carbons (Fsp3) is 0.222. The summed E-state index contributed by atoms with van der Waals surface area (Å²) in [5.74, 6) is 0.846. The van der Waals surface area contributed by atoms with E-state index in [1.165, 1.54) is 0 Å². The second-order valence-corrected chi connectivity index (χ2v) is 3.37. The van der Waals surface area contributed by atoms with Crippen LogP contribution in [0, 0.1) is 0 Å². The zero-order valence-electron chi connectivity index (χ0n) is 7.52. The molecule has 1 aromatic heterocycles. The Kier molecular flexibility index (Phi) is 2.14. The van der Waals surface area contributed by atoms with E-state index in [9.17, 15) is 0 Å². The van der Waals surface area contributed by atoms with Gasteiger partial charge < -0.3 is 4.74 Å². The second-order valence-electron chi connectivity index (χ2n) is 2.61. The van der Waals surface area contributed by atoms with Crippen LogP contribution in [-0.2, 0) is 0 Å². The highest BCUT2D eigenvalue weighted by Gasteiger charge is 2.02. The van der Waals surface area contributed by atoms with E-state index in [0.717, 1.165) is 16.8 Å². The summed E-state index contributed by atoms with van der Waals surface area (Å²) >= 11 is 1.63. The fourth-order valence-electron chi connectivity index (χ4n) is 1.24. The molecule has 0 spiro atoms. The number of methoxy groups -OCH3 is 1. The van der Waals surface area contributed by atoms with Gasteiger partial charge in [0.1, 0.15) is 12.1 Å². The van der Waals surface area contributed by atoms with Crippen LogP contribution in [0.3, 0.4) is 0 Å². The number of hydrogen-bond acceptors (Lipinski definition) is 3. The van der Waals surface area contributed by atoms with Crippen LogP contribution in [0.4, 0.5) is 0 Å². The zero-order chi connectivity index (χ0) is 9.26. The first-order valence-electron chi connectivity index (χ1n) is 3.90. The maximum absolute atomic E-state index is 5.11. The molecule has 0 saturated heterocycles. The highest BCUT2D eigenvalue weighted by Crippen LogP contribution is 2.21. The largest absolute Gasteiger partial charge is 0.497 e. The van der Waals surface area contributed by atoms with Crippen molar-refractivity contribution < 1.29 is 4.74 Å². The number of hydrogen-bond donors (Lipinski definition) is 0. The molecule has 0 N–H and O–H groups in total. The maximum atomic E-state index is 5.11. The summed E-state index contributed by atoms with van der Waals surface area (Å²) in [7, 11) is 1.66. The Balaban J connectivity index is 2.61. The molecular weight excluding hydrogens is 184 g/mol. The summed E-state index contributed by atoms with van der Waals surface area (Å²) < 4.78 is 7.13. The predicted molar refractivity (Wildman–Crippen MR) is 55.2 cm³/mol. The van der Waals surface area contributed by atoms with Gasteiger partial charge in [0.15, 0.2) is 0 Å². The molecular formula is C9H10N2OS. The number of benzene rings is 1. The number of nitrogens with zero attached hydrogens (tertiary/aromatic N) is 2. The Bertz CT molecular complexity index is 424. The molecule has 0 aliphatic heterocycles. The lowest BCUT2D eigenvalue weighted by Crippen LogP contribution is -1.83. The fourth-order valence-corrected chi connectivity index (χ4v) is 1.73. The van der Waals surface area contributed by atoms with Crippen LogP contribution in [0.1, 0.15) is 0 Å². The van der Waals surface area contributed by atoms with Crippen molar-refractivity contribution in [3.05, 3.63) is 24.5 Å². The van der Waals surface area contributed by atoms with Crippen molar-refractivity contribution in [1.29, 1.82) is 0 Å². The van der Waals surface area contributed by atoms with Crippen molar-refractivity contribution in [2.45, 2.75) is 0 Å². The van der Waals surface area contributed by atoms with Crippen LogP contribution in [0.5, 0.6) is 5.75 Å². The molecule has 0 fully saturated rings. The van der Waals surface area contributed by atoms with Crippen molar-refractivity contribution in [1.82, 2.24) is 8.96 Å². The molecule has 0 saturated carbocycles. The first-order valence-corrected chi connectivity index (χ1v) is 5.09. The Morgan fingerprint density at radius 1 is 1.46 bits per heavy atom. The third kappa shape index (κ3) is 1.37. The Morgan fingerprint density at radius 3 is 3.00 bits per heavy atom. The van der Waals surface area contributed by atoms with Crippen molar-refractivity contribution >= 4 is 23.0 Å². The highest BCUT2D eigenvalue weighted by molar-refractivity contribution is 7.97. The van der Waals surface area contributed by atoms with Gasteiger partial charge in [-0.3, -0.25) is 3.97 Å². The van der Waals surface area contributed by atoms with Crippen LogP contribution < -0.4 is 4.74 Å². The standard InChI is InChI=1S/C9H10N2OS/c1-12-7-3-4-9-8(5-7)10-6-11(9)13-2/h3-6H,1-2H3. The van der Waals surface area contributed by atoms with Gasteiger partial charge in [-0.25, -0.2) is 4.98 Å². The molecule has 1 heterocycles.